The maximum Gasteiger partial charge on any atom is 0.270 e. The Morgan fingerprint density at radius 1 is 0.875 bits per heavy atom. The highest BCUT2D eigenvalue weighted by atomic mass is 28.3. The van der Waals surface area contributed by atoms with Crippen LogP contribution in [0.15, 0.2) is 78.9 Å². The number of rotatable bonds is 11. The smallest absolute Gasteiger partial charge is 0.270 e. The first kappa shape index (κ1) is 35.4. The summed E-state index contributed by atoms with van der Waals surface area (Å²) in [6, 6.07) is 26.3. The van der Waals surface area contributed by atoms with Gasteiger partial charge in [0.15, 0.2) is 5.78 Å². The van der Waals surface area contributed by atoms with E-state index in [1.54, 1.807) is 0 Å². The Morgan fingerprint density at radius 2 is 1.58 bits per heavy atom. The van der Waals surface area contributed by atoms with Gasteiger partial charge in [0.05, 0.1) is 0 Å². The zero-order chi connectivity index (χ0) is 34.4. The molecule has 6 heteroatoms. The topological polar surface area (TPSA) is 65.2 Å². The molecule has 1 amide bonds. The van der Waals surface area contributed by atoms with Gasteiger partial charge in [-0.1, -0.05) is 83.9 Å². The number of hydrogen-bond donors (Lipinski definition) is 2. The van der Waals surface area contributed by atoms with Gasteiger partial charge in [0, 0.05) is 52.8 Å². The van der Waals surface area contributed by atoms with E-state index in [9.17, 15) is 9.59 Å². The van der Waals surface area contributed by atoms with E-state index >= 15 is 0 Å². The van der Waals surface area contributed by atoms with Gasteiger partial charge in [-0.25, -0.2) is 0 Å². The fourth-order valence-electron chi connectivity index (χ4n) is 8.11. The maximum absolute atomic E-state index is 13.6. The number of aromatic amines is 1. The van der Waals surface area contributed by atoms with Crippen LogP contribution in [0, 0.1) is 11.5 Å². The molecule has 1 aliphatic rings. The van der Waals surface area contributed by atoms with Crippen molar-refractivity contribution < 1.29 is 9.59 Å². The highest BCUT2D eigenvalue weighted by Crippen LogP contribution is 2.40. The summed E-state index contributed by atoms with van der Waals surface area (Å²) in [4.78, 5) is 32.4. The standard InChI is InChI=1S/C42H53N3O2Si/c1-8-45(42(47)40-26-35-14-9-10-18-39(35)44-40)38-17-12-16-37(27-38)43-28-33-13-11-15-36(25-33)41(46)34-21-19-32(20-22-34)23-24-48(29(2)3,30(4)5)31(6)7/h9-11,13-15,18-22,25-26,29-31,37-38,43-44H,8,12,16-17,27-28H2,1-7H3/t37-,38+/m1/s1. The third-order valence-electron chi connectivity index (χ3n) is 10.7. The fourth-order valence-corrected chi connectivity index (χ4v) is 13.3. The molecule has 5 nitrogen and oxygen atoms in total. The molecule has 3 aromatic carbocycles. The first-order valence-electron chi connectivity index (χ1n) is 17.9. The molecule has 0 unspecified atom stereocenters. The van der Waals surface area contributed by atoms with Crippen molar-refractivity contribution in [3.63, 3.8) is 0 Å². The molecule has 1 aromatic heterocycles. The number of aromatic nitrogens is 1. The summed E-state index contributed by atoms with van der Waals surface area (Å²) in [6.07, 6.45) is 4.09. The third-order valence-corrected chi connectivity index (χ3v) is 17.0. The van der Waals surface area contributed by atoms with E-state index in [-0.39, 0.29) is 17.7 Å². The van der Waals surface area contributed by atoms with Gasteiger partial charge in [0.2, 0.25) is 0 Å². The molecule has 0 aliphatic heterocycles. The highest BCUT2D eigenvalue weighted by Gasteiger charge is 2.41. The molecule has 0 spiro atoms. The lowest BCUT2D eigenvalue weighted by Crippen LogP contribution is -2.46. The van der Waals surface area contributed by atoms with Crippen molar-refractivity contribution in [3.8, 4) is 11.5 Å². The number of benzene rings is 3. The molecular weight excluding hydrogens is 607 g/mol. The Kier molecular flexibility index (Phi) is 11.4. The zero-order valence-electron chi connectivity index (χ0n) is 29.9. The molecule has 48 heavy (non-hydrogen) atoms. The second-order valence-electron chi connectivity index (χ2n) is 14.5. The zero-order valence-corrected chi connectivity index (χ0v) is 30.9. The van der Waals surface area contributed by atoms with Gasteiger partial charge >= 0.3 is 0 Å². The summed E-state index contributed by atoms with van der Waals surface area (Å²) in [5, 5.41) is 4.80. The van der Waals surface area contributed by atoms with Crippen molar-refractivity contribution in [2.45, 2.75) is 109 Å². The van der Waals surface area contributed by atoms with E-state index in [1.165, 1.54) is 0 Å². The number of amides is 1. The van der Waals surface area contributed by atoms with E-state index in [0.29, 0.717) is 52.6 Å². The SMILES string of the molecule is CCN(C(=O)c1cc2ccccc2[nH]1)[C@H]1CCC[C@@H](NCc2cccc(C(=O)c3ccc(C#C[Si](C(C)C)(C(C)C)C(C)C)cc3)c2)C1. The molecule has 1 aliphatic carbocycles. The molecule has 1 heterocycles. The van der Waals surface area contributed by atoms with Gasteiger partial charge in [-0.05, 0) is 97.3 Å². The van der Waals surface area contributed by atoms with E-state index in [4.69, 9.17) is 0 Å². The number of fused-ring (bicyclic) bond motifs is 1. The van der Waals surface area contributed by atoms with Gasteiger partial charge in [0.1, 0.15) is 13.8 Å². The van der Waals surface area contributed by atoms with Crippen LogP contribution in [0.25, 0.3) is 10.9 Å². The Morgan fingerprint density at radius 3 is 2.25 bits per heavy atom. The van der Waals surface area contributed by atoms with Crippen LogP contribution in [0.2, 0.25) is 16.6 Å². The Balaban J connectivity index is 1.21. The van der Waals surface area contributed by atoms with E-state index < -0.39 is 8.07 Å². The van der Waals surface area contributed by atoms with Crippen LogP contribution in [0.4, 0.5) is 0 Å². The lowest BCUT2D eigenvalue weighted by molar-refractivity contribution is 0.0623. The number of H-pyrrole nitrogens is 1. The number of carbonyl (C=O) groups is 2. The van der Waals surface area contributed by atoms with Crippen LogP contribution in [0.5, 0.6) is 0 Å². The van der Waals surface area contributed by atoms with E-state index in [2.05, 4.69) is 76.3 Å². The quantitative estimate of drug-likeness (QED) is 0.0958. The van der Waals surface area contributed by atoms with Crippen molar-refractivity contribution in [3.05, 3.63) is 107 Å². The van der Waals surface area contributed by atoms with Crippen LogP contribution in [-0.2, 0) is 6.54 Å². The monoisotopic (exact) mass is 659 g/mol. The average Bonchev–Trinajstić information content (AvgIpc) is 3.52. The summed E-state index contributed by atoms with van der Waals surface area (Å²) in [7, 11) is -1.82. The number of ketones is 1. The molecular formula is C42H53N3O2Si. The van der Waals surface area contributed by atoms with Crippen molar-refractivity contribution in [1.82, 2.24) is 15.2 Å². The van der Waals surface area contributed by atoms with Crippen LogP contribution in [0.1, 0.15) is 112 Å². The summed E-state index contributed by atoms with van der Waals surface area (Å²) >= 11 is 0. The van der Waals surface area contributed by atoms with Crippen LogP contribution in [0.3, 0.4) is 0 Å². The second-order valence-corrected chi connectivity index (χ2v) is 20.1. The molecule has 1 saturated carbocycles. The normalized spacial score (nSPS) is 16.7. The van der Waals surface area contributed by atoms with Crippen molar-refractivity contribution in [1.29, 1.82) is 0 Å². The minimum atomic E-state index is -1.82. The molecule has 2 N–H and O–H groups in total. The summed E-state index contributed by atoms with van der Waals surface area (Å²) < 4.78 is 0. The first-order chi connectivity index (χ1) is 23.0. The number of nitrogens with one attached hydrogen (secondary N) is 2. The number of hydrogen-bond acceptors (Lipinski definition) is 3. The lowest BCUT2D eigenvalue weighted by atomic mass is 9.89. The molecule has 0 saturated heterocycles. The van der Waals surface area contributed by atoms with Gasteiger partial charge in [0.25, 0.3) is 5.91 Å². The first-order valence-corrected chi connectivity index (χ1v) is 20.2. The van der Waals surface area contributed by atoms with E-state index in [0.717, 1.165) is 47.7 Å². The maximum atomic E-state index is 13.6. The van der Waals surface area contributed by atoms with Crippen LogP contribution < -0.4 is 5.32 Å². The summed E-state index contributed by atoms with van der Waals surface area (Å²) in [6.45, 7) is 17.4. The van der Waals surface area contributed by atoms with E-state index in [1.807, 2.05) is 77.7 Å². The van der Waals surface area contributed by atoms with Crippen LogP contribution in [-0.4, -0.2) is 48.3 Å². The number of nitrogens with zero attached hydrogens (tertiary/aromatic N) is 1. The fraction of sp³-hybridized carbons (Fsp3) is 0.429. The van der Waals surface area contributed by atoms with Crippen molar-refractivity contribution in [2.75, 3.05) is 6.54 Å². The van der Waals surface area contributed by atoms with Crippen LogP contribution >= 0.6 is 0 Å². The summed E-state index contributed by atoms with van der Waals surface area (Å²) in [5.74, 6) is 3.59. The average molecular weight is 660 g/mol. The number of carbonyl (C=O) groups excluding carboxylic acids is 2. The lowest BCUT2D eigenvalue weighted by Gasteiger charge is -2.38. The Hall–Kier alpha value is -3.92. The predicted molar refractivity (Wildman–Crippen MR) is 202 cm³/mol. The highest BCUT2D eigenvalue weighted by molar-refractivity contribution is 6.90. The largest absolute Gasteiger partial charge is 0.351 e. The summed E-state index contributed by atoms with van der Waals surface area (Å²) in [5.41, 5.74) is 10.6. The van der Waals surface area contributed by atoms with Gasteiger partial charge in [-0.3, -0.25) is 9.59 Å². The molecule has 1 fully saturated rings. The molecule has 5 rings (SSSR count). The van der Waals surface area contributed by atoms with Gasteiger partial charge in [-0.2, -0.15) is 0 Å². The number of para-hydroxylation sites is 1. The van der Waals surface area contributed by atoms with Crippen molar-refractivity contribution >= 4 is 30.7 Å². The Labute approximate surface area is 288 Å². The minimum Gasteiger partial charge on any atom is -0.351 e. The third kappa shape index (κ3) is 7.69. The van der Waals surface area contributed by atoms with Gasteiger partial charge < -0.3 is 15.2 Å². The molecule has 2 atom stereocenters. The predicted octanol–water partition coefficient (Wildman–Crippen LogP) is 9.53. The molecule has 0 radical (unpaired) electrons. The second kappa shape index (κ2) is 15.5. The van der Waals surface area contributed by atoms with Crippen molar-refractivity contribution in [2.24, 2.45) is 0 Å². The molecule has 4 aromatic rings. The Bertz CT molecular complexity index is 1720. The van der Waals surface area contributed by atoms with Gasteiger partial charge in [-0.15, -0.1) is 5.54 Å². The minimum absolute atomic E-state index is 0.0263. The molecule has 252 valence electrons. The molecule has 0 bridgehead atoms.